The Hall–Kier alpha value is -0.420. The van der Waals surface area contributed by atoms with Crippen LogP contribution in [0.25, 0.3) is 0 Å². The van der Waals surface area contributed by atoms with Gasteiger partial charge in [0.2, 0.25) is 0 Å². The minimum absolute atomic E-state index is 0. The zero-order chi connectivity index (χ0) is 11.3. The molecule has 0 aromatic heterocycles. The van der Waals surface area contributed by atoms with Crippen LogP contribution in [0.3, 0.4) is 0 Å². The number of alkyl halides is 2. The van der Waals surface area contributed by atoms with E-state index in [1.165, 1.54) is 6.92 Å². The fraction of sp³-hybridized carbons (Fsp3) is 0.900. The Morgan fingerprint density at radius 2 is 2.00 bits per heavy atom. The lowest BCUT2D eigenvalue weighted by atomic mass is 10.2. The number of hydrogen-bond acceptors (Lipinski definition) is 3. The fourth-order valence-electron chi connectivity index (χ4n) is 1.71. The molecule has 1 saturated carbocycles. The second-order valence-electron chi connectivity index (χ2n) is 3.79. The average molecular weight is 258 g/mol. The van der Waals surface area contributed by atoms with Crippen LogP contribution >= 0.6 is 12.4 Å². The molecule has 1 rings (SSSR count). The lowest BCUT2D eigenvalue weighted by Crippen LogP contribution is -2.44. The molecule has 6 heteroatoms. The molecule has 0 amide bonds. The molecule has 1 aliphatic carbocycles. The molecule has 0 atom stereocenters. The highest BCUT2D eigenvalue weighted by Crippen LogP contribution is 2.20. The Balaban J connectivity index is 0.00000225. The van der Waals surface area contributed by atoms with E-state index in [1.807, 2.05) is 0 Å². The van der Waals surface area contributed by atoms with Crippen molar-refractivity contribution >= 4 is 18.4 Å². The summed E-state index contributed by atoms with van der Waals surface area (Å²) < 4.78 is 30.5. The smallest absolute Gasteiger partial charge is 0.378 e. The zero-order valence-corrected chi connectivity index (χ0v) is 10.1. The maximum atomic E-state index is 13.1. The second kappa shape index (κ2) is 7.01. The minimum Gasteiger partial charge on any atom is -0.462 e. The van der Waals surface area contributed by atoms with E-state index in [-0.39, 0.29) is 25.1 Å². The largest absolute Gasteiger partial charge is 0.462 e. The number of rotatable bonds is 5. The van der Waals surface area contributed by atoms with Gasteiger partial charge in [0.25, 0.3) is 0 Å². The van der Waals surface area contributed by atoms with Gasteiger partial charge in [0.1, 0.15) is 0 Å². The van der Waals surface area contributed by atoms with Crippen LogP contribution in [-0.2, 0) is 9.53 Å². The van der Waals surface area contributed by atoms with E-state index in [2.05, 4.69) is 10.1 Å². The highest BCUT2D eigenvalue weighted by Gasteiger charge is 2.40. The first-order chi connectivity index (χ1) is 7.06. The normalized spacial score (nSPS) is 16.9. The van der Waals surface area contributed by atoms with Crippen molar-refractivity contribution in [3.8, 4) is 0 Å². The average Bonchev–Trinajstić information content (AvgIpc) is 2.68. The highest BCUT2D eigenvalue weighted by atomic mass is 35.5. The van der Waals surface area contributed by atoms with Crippen LogP contribution in [-0.4, -0.2) is 31.1 Å². The van der Waals surface area contributed by atoms with Crippen molar-refractivity contribution in [2.24, 2.45) is 0 Å². The molecular formula is C10H18ClF2NO2. The number of ether oxygens (including phenoxy) is 1. The van der Waals surface area contributed by atoms with Gasteiger partial charge in [-0.25, -0.2) is 4.79 Å². The van der Waals surface area contributed by atoms with Crippen LogP contribution in [0.4, 0.5) is 8.78 Å². The molecule has 0 heterocycles. The molecule has 0 aromatic carbocycles. The fourth-order valence-corrected chi connectivity index (χ4v) is 1.71. The van der Waals surface area contributed by atoms with Crippen molar-refractivity contribution in [2.75, 3.05) is 13.2 Å². The third-order valence-corrected chi connectivity index (χ3v) is 2.54. The van der Waals surface area contributed by atoms with Gasteiger partial charge in [-0.15, -0.1) is 12.4 Å². The van der Waals surface area contributed by atoms with Crippen LogP contribution < -0.4 is 5.32 Å². The number of esters is 1. The number of halogens is 3. The summed E-state index contributed by atoms with van der Waals surface area (Å²) in [7, 11) is 0. The molecule has 3 nitrogen and oxygen atoms in total. The molecule has 0 bridgehead atoms. The van der Waals surface area contributed by atoms with Crippen molar-refractivity contribution in [1.29, 1.82) is 0 Å². The third-order valence-electron chi connectivity index (χ3n) is 2.54. The summed E-state index contributed by atoms with van der Waals surface area (Å²) in [6, 6.07) is 0.130. The number of hydrogen-bond donors (Lipinski definition) is 1. The lowest BCUT2D eigenvalue weighted by molar-refractivity contribution is -0.170. The SMILES string of the molecule is CCOC(=O)C(F)(F)CNC1CCCC1.Cl. The molecule has 0 radical (unpaired) electrons. The maximum Gasteiger partial charge on any atom is 0.378 e. The van der Waals surface area contributed by atoms with Gasteiger partial charge < -0.3 is 10.1 Å². The van der Waals surface area contributed by atoms with E-state index in [0.29, 0.717) is 0 Å². The van der Waals surface area contributed by atoms with Crippen molar-refractivity contribution in [1.82, 2.24) is 5.32 Å². The van der Waals surface area contributed by atoms with Gasteiger partial charge in [0.15, 0.2) is 0 Å². The molecule has 1 fully saturated rings. The first-order valence-electron chi connectivity index (χ1n) is 5.34. The molecule has 1 N–H and O–H groups in total. The molecule has 0 unspecified atom stereocenters. The van der Waals surface area contributed by atoms with E-state index in [0.717, 1.165) is 25.7 Å². The summed E-state index contributed by atoms with van der Waals surface area (Å²) in [5.41, 5.74) is 0. The summed E-state index contributed by atoms with van der Waals surface area (Å²) >= 11 is 0. The molecule has 16 heavy (non-hydrogen) atoms. The Kier molecular flexibility index (Phi) is 6.83. The second-order valence-corrected chi connectivity index (χ2v) is 3.79. The first-order valence-corrected chi connectivity index (χ1v) is 5.34. The first kappa shape index (κ1) is 15.6. The van der Waals surface area contributed by atoms with Crippen LogP contribution in [0.15, 0.2) is 0 Å². The Morgan fingerprint density at radius 1 is 1.44 bits per heavy atom. The lowest BCUT2D eigenvalue weighted by Gasteiger charge is -2.18. The number of carbonyl (C=O) groups is 1. The van der Waals surface area contributed by atoms with E-state index >= 15 is 0 Å². The van der Waals surface area contributed by atoms with E-state index in [9.17, 15) is 13.6 Å². The number of carbonyl (C=O) groups excluding carboxylic acids is 1. The van der Waals surface area contributed by atoms with E-state index in [1.54, 1.807) is 0 Å². The zero-order valence-electron chi connectivity index (χ0n) is 9.30. The summed E-state index contributed by atoms with van der Waals surface area (Å²) in [5, 5.41) is 2.71. The minimum atomic E-state index is -3.40. The Bertz CT molecular complexity index is 221. The summed E-state index contributed by atoms with van der Waals surface area (Å²) in [6.45, 7) is 0.882. The van der Waals surface area contributed by atoms with Gasteiger partial charge in [-0.05, 0) is 19.8 Å². The molecular weight excluding hydrogens is 240 g/mol. The van der Waals surface area contributed by atoms with Gasteiger partial charge >= 0.3 is 11.9 Å². The van der Waals surface area contributed by atoms with Gasteiger partial charge in [0.05, 0.1) is 13.2 Å². The molecule has 1 aliphatic rings. The Morgan fingerprint density at radius 3 is 2.50 bits per heavy atom. The summed E-state index contributed by atoms with van der Waals surface area (Å²) in [4.78, 5) is 10.9. The molecule has 0 spiro atoms. The standard InChI is InChI=1S/C10H17F2NO2.ClH/c1-2-15-9(14)10(11,12)7-13-8-5-3-4-6-8;/h8,13H,2-7H2,1H3;1H. The van der Waals surface area contributed by atoms with Crippen LogP contribution in [0.5, 0.6) is 0 Å². The third kappa shape index (κ3) is 4.61. The van der Waals surface area contributed by atoms with Gasteiger partial charge in [-0.1, -0.05) is 12.8 Å². The van der Waals surface area contributed by atoms with Gasteiger partial charge in [0, 0.05) is 6.04 Å². The predicted molar refractivity (Wildman–Crippen MR) is 59.1 cm³/mol. The predicted octanol–water partition coefficient (Wildman–Crippen LogP) is 2.14. The van der Waals surface area contributed by atoms with Gasteiger partial charge in [-0.2, -0.15) is 8.78 Å². The number of nitrogens with one attached hydrogen (secondary N) is 1. The highest BCUT2D eigenvalue weighted by molar-refractivity contribution is 5.85. The molecule has 96 valence electrons. The van der Waals surface area contributed by atoms with Crippen LogP contribution in [0, 0.1) is 0 Å². The van der Waals surface area contributed by atoms with Crippen molar-refractivity contribution in [2.45, 2.75) is 44.6 Å². The topological polar surface area (TPSA) is 38.3 Å². The quantitative estimate of drug-likeness (QED) is 0.767. The summed E-state index contributed by atoms with van der Waals surface area (Å²) in [5.74, 6) is -4.84. The van der Waals surface area contributed by atoms with Crippen molar-refractivity contribution in [3.05, 3.63) is 0 Å². The Labute approximate surface area is 100 Å². The molecule has 0 aromatic rings. The molecule has 0 aliphatic heterocycles. The van der Waals surface area contributed by atoms with Gasteiger partial charge in [-0.3, -0.25) is 0 Å². The van der Waals surface area contributed by atoms with Crippen molar-refractivity contribution < 1.29 is 18.3 Å². The van der Waals surface area contributed by atoms with Crippen LogP contribution in [0.1, 0.15) is 32.6 Å². The van der Waals surface area contributed by atoms with Crippen LogP contribution in [0.2, 0.25) is 0 Å². The van der Waals surface area contributed by atoms with Crippen molar-refractivity contribution in [3.63, 3.8) is 0 Å². The van der Waals surface area contributed by atoms with E-state index in [4.69, 9.17) is 0 Å². The maximum absolute atomic E-state index is 13.1. The molecule has 0 saturated heterocycles. The summed E-state index contributed by atoms with van der Waals surface area (Å²) in [6.07, 6.45) is 3.98. The van der Waals surface area contributed by atoms with E-state index < -0.39 is 18.4 Å². The monoisotopic (exact) mass is 257 g/mol.